The first-order valence-corrected chi connectivity index (χ1v) is 7.93. The number of nitrogens with one attached hydrogen (secondary N) is 1. The van der Waals surface area contributed by atoms with Crippen molar-refractivity contribution in [3.05, 3.63) is 54.2 Å². The van der Waals surface area contributed by atoms with E-state index in [9.17, 15) is 9.90 Å². The molecule has 1 saturated heterocycles. The van der Waals surface area contributed by atoms with E-state index in [-0.39, 0.29) is 11.8 Å². The third-order valence-electron chi connectivity index (χ3n) is 4.22. The number of anilines is 1. The monoisotopic (exact) mass is 311 g/mol. The Balaban J connectivity index is 1.48. The molecule has 0 saturated carbocycles. The van der Waals surface area contributed by atoms with E-state index in [1.165, 1.54) is 5.56 Å². The van der Waals surface area contributed by atoms with Gasteiger partial charge < -0.3 is 10.4 Å². The molecule has 5 nitrogen and oxygen atoms in total. The first-order valence-electron chi connectivity index (χ1n) is 7.93. The minimum absolute atomic E-state index is 0.0491. The molecule has 0 atom stereocenters. The first kappa shape index (κ1) is 15.5. The summed E-state index contributed by atoms with van der Waals surface area (Å²) in [6, 6.07) is 12.8. The normalized spacial score (nSPS) is 16.2. The number of likely N-dealkylation sites (tertiary alicyclic amines) is 1. The summed E-state index contributed by atoms with van der Waals surface area (Å²) in [6.45, 7) is 2.66. The summed E-state index contributed by atoms with van der Waals surface area (Å²) in [5, 5.41) is 12.2. The fourth-order valence-electron chi connectivity index (χ4n) is 2.88. The summed E-state index contributed by atoms with van der Waals surface area (Å²) in [5.74, 6) is 1.02. The van der Waals surface area contributed by atoms with Crippen LogP contribution in [0, 0.1) is 5.92 Å². The molecule has 0 bridgehead atoms. The molecule has 5 heteroatoms. The third kappa shape index (κ3) is 4.29. The zero-order valence-electron chi connectivity index (χ0n) is 13.0. The summed E-state index contributed by atoms with van der Waals surface area (Å²) in [6.07, 6.45) is 3.39. The van der Waals surface area contributed by atoms with Crippen molar-refractivity contribution in [1.82, 2.24) is 9.88 Å². The van der Waals surface area contributed by atoms with E-state index in [1.54, 1.807) is 24.4 Å². The molecule has 0 radical (unpaired) electrons. The van der Waals surface area contributed by atoms with Crippen LogP contribution >= 0.6 is 0 Å². The molecule has 1 aliphatic rings. The number of carbonyl (C=O) groups is 1. The second-order valence-electron chi connectivity index (χ2n) is 5.92. The maximum absolute atomic E-state index is 12.3. The second kappa shape index (κ2) is 7.24. The molecular weight excluding hydrogens is 290 g/mol. The van der Waals surface area contributed by atoms with Gasteiger partial charge in [-0.05, 0) is 55.8 Å². The fraction of sp³-hybridized carbons (Fsp3) is 0.333. The van der Waals surface area contributed by atoms with Crippen molar-refractivity contribution in [1.29, 1.82) is 0 Å². The number of nitrogens with zero attached hydrogens (tertiary/aromatic N) is 2. The fourth-order valence-corrected chi connectivity index (χ4v) is 2.88. The van der Waals surface area contributed by atoms with Crippen LogP contribution in [0.1, 0.15) is 18.4 Å². The third-order valence-corrected chi connectivity index (χ3v) is 4.22. The van der Waals surface area contributed by atoms with Crippen LogP contribution in [-0.2, 0) is 11.3 Å². The van der Waals surface area contributed by atoms with Crippen LogP contribution in [-0.4, -0.2) is 34.0 Å². The van der Waals surface area contributed by atoms with Crippen molar-refractivity contribution in [3.63, 3.8) is 0 Å². The number of phenolic OH excluding ortho intramolecular Hbond substituents is 1. The van der Waals surface area contributed by atoms with Crippen LogP contribution in [0.3, 0.4) is 0 Å². The van der Waals surface area contributed by atoms with E-state index in [4.69, 9.17) is 0 Å². The van der Waals surface area contributed by atoms with Gasteiger partial charge in [0.15, 0.2) is 0 Å². The molecular formula is C18H21N3O2. The van der Waals surface area contributed by atoms with Gasteiger partial charge in [0.25, 0.3) is 0 Å². The van der Waals surface area contributed by atoms with Crippen LogP contribution in [0.25, 0.3) is 0 Å². The largest absolute Gasteiger partial charge is 0.508 e. The Labute approximate surface area is 136 Å². The van der Waals surface area contributed by atoms with Crippen LogP contribution in [0.5, 0.6) is 5.75 Å². The summed E-state index contributed by atoms with van der Waals surface area (Å²) in [5.41, 5.74) is 1.18. The Morgan fingerprint density at radius 2 is 1.91 bits per heavy atom. The number of hydrogen-bond donors (Lipinski definition) is 2. The zero-order chi connectivity index (χ0) is 16.1. The quantitative estimate of drug-likeness (QED) is 0.911. The summed E-state index contributed by atoms with van der Waals surface area (Å²) in [4.78, 5) is 18.7. The predicted molar refractivity (Wildman–Crippen MR) is 89.0 cm³/mol. The van der Waals surface area contributed by atoms with Gasteiger partial charge in [0, 0.05) is 18.7 Å². The predicted octanol–water partition coefficient (Wildman–Crippen LogP) is 2.64. The number of hydrogen-bond acceptors (Lipinski definition) is 4. The molecule has 120 valence electrons. The molecule has 2 heterocycles. The van der Waals surface area contributed by atoms with Gasteiger partial charge in [-0.2, -0.15) is 0 Å². The lowest BCUT2D eigenvalue weighted by molar-refractivity contribution is -0.121. The molecule has 1 aliphatic heterocycles. The van der Waals surface area contributed by atoms with Crippen LogP contribution in [0.4, 0.5) is 5.82 Å². The smallest absolute Gasteiger partial charge is 0.228 e. The van der Waals surface area contributed by atoms with E-state index in [1.807, 2.05) is 24.3 Å². The lowest BCUT2D eigenvalue weighted by atomic mass is 9.95. The Morgan fingerprint density at radius 3 is 2.57 bits per heavy atom. The number of piperidine rings is 1. The maximum atomic E-state index is 12.3. The van der Waals surface area contributed by atoms with E-state index in [2.05, 4.69) is 15.2 Å². The van der Waals surface area contributed by atoms with Crippen molar-refractivity contribution < 1.29 is 9.90 Å². The molecule has 3 rings (SSSR count). The molecule has 0 aliphatic carbocycles. The minimum atomic E-state index is 0.0491. The van der Waals surface area contributed by atoms with E-state index < -0.39 is 0 Å². The van der Waals surface area contributed by atoms with Gasteiger partial charge >= 0.3 is 0 Å². The Hall–Kier alpha value is -2.40. The number of carbonyl (C=O) groups excluding carboxylic acids is 1. The van der Waals surface area contributed by atoms with Gasteiger partial charge in [-0.25, -0.2) is 4.98 Å². The van der Waals surface area contributed by atoms with E-state index in [0.717, 1.165) is 32.5 Å². The maximum Gasteiger partial charge on any atom is 0.228 e. The molecule has 1 amide bonds. The number of aromatic nitrogens is 1. The van der Waals surface area contributed by atoms with Gasteiger partial charge in [-0.15, -0.1) is 0 Å². The van der Waals surface area contributed by atoms with E-state index in [0.29, 0.717) is 11.6 Å². The van der Waals surface area contributed by atoms with Crippen molar-refractivity contribution in [2.24, 2.45) is 5.92 Å². The highest BCUT2D eigenvalue weighted by atomic mass is 16.3. The number of aromatic hydroxyl groups is 1. The topological polar surface area (TPSA) is 65.5 Å². The van der Waals surface area contributed by atoms with Gasteiger partial charge in [0.2, 0.25) is 5.91 Å². The van der Waals surface area contributed by atoms with Crippen molar-refractivity contribution in [2.45, 2.75) is 19.4 Å². The molecule has 1 fully saturated rings. The van der Waals surface area contributed by atoms with Gasteiger partial charge in [-0.3, -0.25) is 9.69 Å². The summed E-state index contributed by atoms with van der Waals surface area (Å²) in [7, 11) is 0. The van der Waals surface area contributed by atoms with Crippen LogP contribution in [0.2, 0.25) is 0 Å². The molecule has 23 heavy (non-hydrogen) atoms. The number of pyridine rings is 1. The highest BCUT2D eigenvalue weighted by molar-refractivity contribution is 5.91. The van der Waals surface area contributed by atoms with Crippen molar-refractivity contribution in [3.8, 4) is 5.75 Å². The average Bonchev–Trinajstić information content (AvgIpc) is 2.58. The lowest BCUT2D eigenvalue weighted by Gasteiger charge is -2.31. The zero-order valence-corrected chi connectivity index (χ0v) is 13.0. The SMILES string of the molecule is O=C(Nc1ccccn1)C1CCN(Cc2ccc(O)cc2)CC1. The molecule has 0 spiro atoms. The summed E-state index contributed by atoms with van der Waals surface area (Å²) < 4.78 is 0. The number of rotatable bonds is 4. The lowest BCUT2D eigenvalue weighted by Crippen LogP contribution is -2.37. The van der Waals surface area contributed by atoms with Gasteiger partial charge in [0.1, 0.15) is 11.6 Å². The average molecular weight is 311 g/mol. The number of benzene rings is 1. The molecule has 2 aromatic rings. The molecule has 0 unspecified atom stereocenters. The Morgan fingerprint density at radius 1 is 1.17 bits per heavy atom. The van der Waals surface area contributed by atoms with E-state index >= 15 is 0 Å². The molecule has 1 aromatic carbocycles. The second-order valence-corrected chi connectivity index (χ2v) is 5.92. The minimum Gasteiger partial charge on any atom is -0.508 e. The number of amides is 1. The van der Waals surface area contributed by atoms with Crippen molar-refractivity contribution >= 4 is 11.7 Å². The molecule has 2 N–H and O–H groups in total. The van der Waals surface area contributed by atoms with Gasteiger partial charge in [-0.1, -0.05) is 18.2 Å². The highest BCUT2D eigenvalue weighted by Crippen LogP contribution is 2.21. The van der Waals surface area contributed by atoms with Gasteiger partial charge in [0.05, 0.1) is 0 Å². The van der Waals surface area contributed by atoms with Crippen molar-refractivity contribution in [2.75, 3.05) is 18.4 Å². The standard InChI is InChI=1S/C18H21N3O2/c22-16-6-4-14(5-7-16)13-21-11-8-15(9-12-21)18(23)20-17-3-1-2-10-19-17/h1-7,10,15,22H,8-9,11-13H2,(H,19,20,23). The van der Waals surface area contributed by atoms with Crippen LogP contribution < -0.4 is 5.32 Å². The molecule has 1 aromatic heterocycles. The highest BCUT2D eigenvalue weighted by Gasteiger charge is 2.25. The Bertz CT molecular complexity index is 635. The first-order chi connectivity index (χ1) is 11.2. The summed E-state index contributed by atoms with van der Waals surface area (Å²) >= 11 is 0. The Kier molecular flexibility index (Phi) is 4.88. The number of phenols is 1. The van der Waals surface area contributed by atoms with Crippen LogP contribution in [0.15, 0.2) is 48.7 Å².